The van der Waals surface area contributed by atoms with Crippen LogP contribution in [-0.2, 0) is 17.4 Å². The van der Waals surface area contributed by atoms with Crippen molar-refractivity contribution in [3.8, 4) is 0 Å². The van der Waals surface area contributed by atoms with Crippen LogP contribution in [0.5, 0.6) is 0 Å². The third-order valence-electron chi connectivity index (χ3n) is 1.96. The van der Waals surface area contributed by atoms with Gasteiger partial charge in [-0.2, -0.15) is 22.0 Å². The molecular weight excluding hydrogens is 267 g/mol. The molecule has 1 aromatic carbocycles. The number of halogens is 6. The van der Waals surface area contributed by atoms with Crippen LogP contribution in [0.1, 0.15) is 11.1 Å². The first-order chi connectivity index (χ1) is 7.60. The van der Waals surface area contributed by atoms with E-state index in [0.717, 1.165) is 24.3 Å². The second-order valence-corrected chi connectivity index (χ2v) is 3.77. The minimum absolute atomic E-state index is 0.0447. The van der Waals surface area contributed by atoms with Gasteiger partial charge in [0.25, 0.3) is 0 Å². The van der Waals surface area contributed by atoms with Crippen molar-refractivity contribution in [1.82, 2.24) is 0 Å². The molecule has 0 radical (unpaired) electrons. The van der Waals surface area contributed by atoms with Crippen molar-refractivity contribution in [3.05, 3.63) is 35.4 Å². The highest BCUT2D eigenvalue weighted by Gasteiger charge is 2.35. The maximum absolute atomic E-state index is 12.3. The summed E-state index contributed by atoms with van der Waals surface area (Å²) in [6, 6.07) is 3.36. The Bertz CT molecular complexity index is 404. The number of carbonyl (C=O) groups is 1. The Labute approximate surface area is 98.2 Å². The van der Waals surface area contributed by atoms with Crippen molar-refractivity contribution in [2.45, 2.75) is 18.0 Å². The SMILES string of the molecule is O=C(Cc1ccc(C(F)(F)F)cc1)C(F)(F)Cl. The van der Waals surface area contributed by atoms with Crippen LogP contribution in [0.3, 0.4) is 0 Å². The summed E-state index contributed by atoms with van der Waals surface area (Å²) >= 11 is 4.47. The lowest BCUT2D eigenvalue weighted by atomic mass is 10.1. The molecule has 94 valence electrons. The summed E-state index contributed by atoms with van der Waals surface area (Å²) in [6.45, 7) is 0. The maximum atomic E-state index is 12.3. The molecule has 0 aliphatic heterocycles. The molecule has 0 bridgehead atoms. The van der Waals surface area contributed by atoms with Gasteiger partial charge in [0.1, 0.15) is 0 Å². The third kappa shape index (κ3) is 3.96. The standard InChI is InChI=1S/C10H6ClF5O/c11-9(12,13)8(17)5-6-1-3-7(4-2-6)10(14,15)16/h1-4H,5H2. The Hall–Kier alpha value is -1.17. The van der Waals surface area contributed by atoms with E-state index < -0.39 is 29.3 Å². The number of carbonyl (C=O) groups excluding carboxylic acids is 1. The minimum Gasteiger partial charge on any atom is -0.291 e. The van der Waals surface area contributed by atoms with E-state index in [1.54, 1.807) is 0 Å². The number of rotatable bonds is 3. The average Bonchev–Trinajstić information content (AvgIpc) is 2.15. The quantitative estimate of drug-likeness (QED) is 0.606. The molecule has 1 aromatic rings. The van der Waals surface area contributed by atoms with Crippen LogP contribution in [0.2, 0.25) is 0 Å². The fourth-order valence-corrected chi connectivity index (χ4v) is 1.16. The summed E-state index contributed by atoms with van der Waals surface area (Å²) in [5.74, 6) is -1.56. The van der Waals surface area contributed by atoms with Crippen LogP contribution < -0.4 is 0 Å². The van der Waals surface area contributed by atoms with E-state index in [4.69, 9.17) is 0 Å². The highest BCUT2D eigenvalue weighted by Crippen LogP contribution is 2.29. The number of alkyl halides is 6. The third-order valence-corrected chi connectivity index (χ3v) is 2.17. The van der Waals surface area contributed by atoms with E-state index >= 15 is 0 Å². The zero-order valence-corrected chi connectivity index (χ0v) is 8.95. The zero-order valence-electron chi connectivity index (χ0n) is 8.19. The highest BCUT2D eigenvalue weighted by molar-refractivity contribution is 6.32. The van der Waals surface area contributed by atoms with E-state index in [2.05, 4.69) is 11.6 Å². The van der Waals surface area contributed by atoms with E-state index in [0.29, 0.717) is 0 Å². The summed E-state index contributed by atoms with van der Waals surface area (Å²) in [5.41, 5.74) is -0.866. The second-order valence-electron chi connectivity index (χ2n) is 3.29. The van der Waals surface area contributed by atoms with Gasteiger partial charge < -0.3 is 0 Å². The fraction of sp³-hybridized carbons (Fsp3) is 0.300. The molecule has 0 saturated heterocycles. The van der Waals surface area contributed by atoms with Crippen molar-refractivity contribution in [2.24, 2.45) is 0 Å². The molecule has 1 nitrogen and oxygen atoms in total. The van der Waals surface area contributed by atoms with Crippen molar-refractivity contribution < 1.29 is 26.7 Å². The molecule has 0 spiro atoms. The first-order valence-corrected chi connectivity index (χ1v) is 4.74. The van der Waals surface area contributed by atoms with Crippen molar-refractivity contribution in [2.75, 3.05) is 0 Å². The fourth-order valence-electron chi connectivity index (χ4n) is 1.10. The van der Waals surface area contributed by atoms with E-state index in [-0.39, 0.29) is 5.56 Å². The largest absolute Gasteiger partial charge is 0.416 e. The summed E-state index contributed by atoms with van der Waals surface area (Å²) < 4.78 is 61.1. The van der Waals surface area contributed by atoms with Crippen LogP contribution in [0.4, 0.5) is 22.0 Å². The first-order valence-electron chi connectivity index (χ1n) is 4.37. The number of benzene rings is 1. The van der Waals surface area contributed by atoms with E-state index in [1.807, 2.05) is 0 Å². The summed E-state index contributed by atoms with van der Waals surface area (Å²) in [7, 11) is 0. The predicted octanol–water partition coefficient (Wildman–Crippen LogP) is 3.65. The maximum Gasteiger partial charge on any atom is 0.416 e. The van der Waals surface area contributed by atoms with Crippen LogP contribution in [-0.4, -0.2) is 11.2 Å². The summed E-state index contributed by atoms with van der Waals surface area (Å²) in [4.78, 5) is 10.8. The molecule has 0 aliphatic carbocycles. The predicted molar refractivity (Wildman–Crippen MR) is 51.0 cm³/mol. The van der Waals surface area contributed by atoms with E-state index in [9.17, 15) is 26.7 Å². The molecule has 0 atom stereocenters. The normalized spacial score (nSPS) is 12.6. The number of ketones is 1. The van der Waals surface area contributed by atoms with Gasteiger partial charge in [0.05, 0.1) is 5.56 Å². The van der Waals surface area contributed by atoms with Crippen LogP contribution in [0.25, 0.3) is 0 Å². The molecule has 0 heterocycles. The molecule has 0 N–H and O–H groups in total. The first kappa shape index (κ1) is 13.9. The molecule has 0 amide bonds. The van der Waals surface area contributed by atoms with E-state index in [1.165, 1.54) is 0 Å². The Morgan fingerprint density at radius 3 is 1.88 bits per heavy atom. The lowest BCUT2D eigenvalue weighted by Crippen LogP contribution is -2.23. The lowest BCUT2D eigenvalue weighted by Gasteiger charge is -2.08. The topological polar surface area (TPSA) is 17.1 Å². The number of Topliss-reactive ketones (excluding diaryl/α,β-unsaturated/α-hetero) is 1. The molecular formula is C10H6ClF5O. The summed E-state index contributed by atoms with van der Waals surface area (Å²) in [6.07, 6.45) is -5.21. The van der Waals surface area contributed by atoms with Gasteiger partial charge in [-0.15, -0.1) is 0 Å². The highest BCUT2D eigenvalue weighted by atomic mass is 35.5. The molecule has 0 aromatic heterocycles. The smallest absolute Gasteiger partial charge is 0.291 e. The van der Waals surface area contributed by atoms with Gasteiger partial charge in [-0.05, 0) is 29.3 Å². The van der Waals surface area contributed by atoms with Gasteiger partial charge in [-0.25, -0.2) is 0 Å². The van der Waals surface area contributed by atoms with Gasteiger partial charge in [0.15, 0.2) is 0 Å². The zero-order chi connectivity index (χ0) is 13.3. The number of hydrogen-bond acceptors (Lipinski definition) is 1. The molecule has 17 heavy (non-hydrogen) atoms. The Morgan fingerprint density at radius 1 is 1.06 bits per heavy atom. The van der Waals surface area contributed by atoms with Gasteiger partial charge in [-0.3, -0.25) is 4.79 Å². The van der Waals surface area contributed by atoms with Crippen LogP contribution >= 0.6 is 11.6 Å². The second kappa shape index (κ2) is 4.60. The molecule has 0 aliphatic rings. The number of hydrogen-bond donors (Lipinski definition) is 0. The lowest BCUT2D eigenvalue weighted by molar-refractivity contribution is -0.137. The van der Waals surface area contributed by atoms with Crippen molar-refractivity contribution in [1.29, 1.82) is 0 Å². The minimum atomic E-state index is -4.50. The van der Waals surface area contributed by atoms with Gasteiger partial charge in [-0.1, -0.05) is 12.1 Å². The molecule has 0 saturated carbocycles. The monoisotopic (exact) mass is 272 g/mol. The molecule has 0 fully saturated rings. The van der Waals surface area contributed by atoms with Gasteiger partial charge in [0, 0.05) is 6.42 Å². The molecule has 7 heteroatoms. The van der Waals surface area contributed by atoms with Crippen molar-refractivity contribution >= 4 is 17.4 Å². The van der Waals surface area contributed by atoms with Gasteiger partial charge >= 0.3 is 11.6 Å². The Morgan fingerprint density at radius 2 is 1.53 bits per heavy atom. The van der Waals surface area contributed by atoms with Crippen LogP contribution in [0, 0.1) is 0 Å². The molecule has 0 unspecified atom stereocenters. The van der Waals surface area contributed by atoms with Crippen LogP contribution in [0.15, 0.2) is 24.3 Å². The van der Waals surface area contributed by atoms with Gasteiger partial charge in [0.2, 0.25) is 5.78 Å². The summed E-state index contributed by atoms with van der Waals surface area (Å²) in [5, 5.41) is -4.00. The molecule has 1 rings (SSSR count). The Balaban J connectivity index is 2.80. The Kier molecular flexibility index (Phi) is 3.76. The average molecular weight is 273 g/mol. The van der Waals surface area contributed by atoms with Crippen molar-refractivity contribution in [3.63, 3.8) is 0 Å².